The maximum absolute atomic E-state index is 12.2. The first-order chi connectivity index (χ1) is 10.8. The summed E-state index contributed by atoms with van der Waals surface area (Å²) in [6.07, 6.45) is 2.44. The SMILES string of the molecule is O=C(COc1ccc2c(c1)OCO2)N1CCc2nc[nH]c2C1. The van der Waals surface area contributed by atoms with Crippen LogP contribution in [0.3, 0.4) is 0 Å². The number of carbonyl (C=O) groups is 1. The predicted octanol–water partition coefficient (Wildman–Crippen LogP) is 1.10. The Kier molecular flexibility index (Phi) is 3.10. The highest BCUT2D eigenvalue weighted by Gasteiger charge is 2.22. The standard InChI is InChI=1S/C15H15N3O4/c19-15(18-4-3-11-12(6-18)17-8-16-11)7-20-10-1-2-13-14(5-10)22-9-21-13/h1-2,5,8H,3-4,6-7,9H2,(H,16,17). The van der Waals surface area contributed by atoms with Gasteiger partial charge in [-0.3, -0.25) is 4.79 Å². The molecule has 2 aliphatic rings. The number of imidazole rings is 1. The van der Waals surface area contributed by atoms with Gasteiger partial charge in [0.25, 0.3) is 5.91 Å². The van der Waals surface area contributed by atoms with Crippen molar-refractivity contribution in [3.63, 3.8) is 0 Å². The van der Waals surface area contributed by atoms with Crippen LogP contribution in [-0.4, -0.2) is 40.7 Å². The Morgan fingerprint density at radius 1 is 1.36 bits per heavy atom. The van der Waals surface area contributed by atoms with Gasteiger partial charge in [0, 0.05) is 19.0 Å². The Morgan fingerprint density at radius 2 is 2.27 bits per heavy atom. The van der Waals surface area contributed by atoms with Gasteiger partial charge < -0.3 is 24.1 Å². The average molecular weight is 301 g/mol. The van der Waals surface area contributed by atoms with E-state index in [9.17, 15) is 4.79 Å². The molecule has 1 N–H and O–H groups in total. The molecule has 22 heavy (non-hydrogen) atoms. The maximum Gasteiger partial charge on any atom is 0.260 e. The van der Waals surface area contributed by atoms with E-state index in [1.807, 2.05) is 0 Å². The first-order valence-electron chi connectivity index (χ1n) is 7.11. The van der Waals surface area contributed by atoms with Gasteiger partial charge >= 0.3 is 0 Å². The summed E-state index contributed by atoms with van der Waals surface area (Å²) in [5, 5.41) is 0. The van der Waals surface area contributed by atoms with E-state index in [4.69, 9.17) is 14.2 Å². The number of hydrogen-bond donors (Lipinski definition) is 1. The summed E-state index contributed by atoms with van der Waals surface area (Å²) < 4.78 is 16.1. The van der Waals surface area contributed by atoms with E-state index in [2.05, 4.69) is 9.97 Å². The second-order valence-corrected chi connectivity index (χ2v) is 5.20. The van der Waals surface area contributed by atoms with Gasteiger partial charge in [-0.05, 0) is 12.1 Å². The molecule has 0 fully saturated rings. The van der Waals surface area contributed by atoms with Gasteiger partial charge in [-0.2, -0.15) is 0 Å². The van der Waals surface area contributed by atoms with Crippen molar-refractivity contribution in [1.82, 2.24) is 14.9 Å². The van der Waals surface area contributed by atoms with Crippen LogP contribution in [0, 0.1) is 0 Å². The number of nitrogens with zero attached hydrogens (tertiary/aromatic N) is 2. The van der Waals surface area contributed by atoms with Gasteiger partial charge in [-0.25, -0.2) is 4.98 Å². The molecule has 0 unspecified atom stereocenters. The van der Waals surface area contributed by atoms with Crippen molar-refractivity contribution >= 4 is 5.91 Å². The monoisotopic (exact) mass is 301 g/mol. The topological polar surface area (TPSA) is 76.7 Å². The molecule has 7 nitrogen and oxygen atoms in total. The lowest BCUT2D eigenvalue weighted by molar-refractivity contribution is -0.134. The highest BCUT2D eigenvalue weighted by atomic mass is 16.7. The molecular weight excluding hydrogens is 286 g/mol. The third-order valence-electron chi connectivity index (χ3n) is 3.83. The largest absolute Gasteiger partial charge is 0.484 e. The number of H-pyrrole nitrogens is 1. The molecule has 0 aliphatic carbocycles. The number of aromatic nitrogens is 2. The second kappa shape index (κ2) is 5.25. The van der Waals surface area contributed by atoms with Crippen LogP contribution in [0.2, 0.25) is 0 Å². The van der Waals surface area contributed by atoms with Gasteiger partial charge in [0.05, 0.1) is 24.3 Å². The van der Waals surface area contributed by atoms with Crippen LogP contribution < -0.4 is 14.2 Å². The number of rotatable bonds is 3. The van der Waals surface area contributed by atoms with Crippen molar-refractivity contribution in [3.8, 4) is 17.2 Å². The molecule has 4 rings (SSSR count). The highest BCUT2D eigenvalue weighted by molar-refractivity contribution is 5.78. The zero-order valence-electron chi connectivity index (χ0n) is 11.9. The normalized spacial score (nSPS) is 15.5. The minimum Gasteiger partial charge on any atom is -0.484 e. The lowest BCUT2D eigenvalue weighted by atomic mass is 10.1. The van der Waals surface area contributed by atoms with E-state index in [1.54, 1.807) is 29.4 Å². The van der Waals surface area contributed by atoms with E-state index in [-0.39, 0.29) is 19.3 Å². The molecule has 0 spiro atoms. The van der Waals surface area contributed by atoms with Crippen LogP contribution >= 0.6 is 0 Å². The minimum absolute atomic E-state index is 0.00309. The fourth-order valence-corrected chi connectivity index (χ4v) is 2.63. The number of hydrogen-bond acceptors (Lipinski definition) is 5. The summed E-state index contributed by atoms with van der Waals surface area (Å²) in [6.45, 7) is 1.45. The van der Waals surface area contributed by atoms with Crippen LogP contribution in [0.15, 0.2) is 24.5 Å². The molecule has 0 bridgehead atoms. The first-order valence-corrected chi connectivity index (χ1v) is 7.11. The Morgan fingerprint density at radius 3 is 3.23 bits per heavy atom. The number of ether oxygens (including phenoxy) is 3. The van der Waals surface area contributed by atoms with Crippen molar-refractivity contribution < 1.29 is 19.0 Å². The quantitative estimate of drug-likeness (QED) is 0.918. The van der Waals surface area contributed by atoms with Crippen LogP contribution in [0.4, 0.5) is 0 Å². The van der Waals surface area contributed by atoms with E-state index >= 15 is 0 Å². The van der Waals surface area contributed by atoms with E-state index in [0.717, 1.165) is 17.8 Å². The molecule has 7 heteroatoms. The third kappa shape index (κ3) is 2.34. The molecule has 0 radical (unpaired) electrons. The Labute approximate surface area is 126 Å². The summed E-state index contributed by atoms with van der Waals surface area (Å²) in [6, 6.07) is 5.28. The van der Waals surface area contributed by atoms with Crippen molar-refractivity contribution in [2.75, 3.05) is 19.9 Å². The summed E-state index contributed by atoms with van der Waals surface area (Å²) in [7, 11) is 0. The molecule has 1 amide bonds. The zero-order chi connectivity index (χ0) is 14.9. The number of fused-ring (bicyclic) bond motifs is 2. The highest BCUT2D eigenvalue weighted by Crippen LogP contribution is 2.35. The van der Waals surface area contributed by atoms with Crippen molar-refractivity contribution in [3.05, 3.63) is 35.9 Å². The molecule has 1 aromatic heterocycles. The van der Waals surface area contributed by atoms with Crippen molar-refractivity contribution in [2.24, 2.45) is 0 Å². The van der Waals surface area contributed by atoms with E-state index in [0.29, 0.717) is 30.3 Å². The van der Waals surface area contributed by atoms with E-state index in [1.165, 1.54) is 0 Å². The minimum atomic E-state index is -0.0436. The summed E-state index contributed by atoms with van der Waals surface area (Å²) in [4.78, 5) is 21.3. The number of benzene rings is 1. The lowest BCUT2D eigenvalue weighted by Gasteiger charge is -2.26. The molecule has 1 aromatic carbocycles. The van der Waals surface area contributed by atoms with Crippen LogP contribution in [0.5, 0.6) is 17.2 Å². The van der Waals surface area contributed by atoms with Crippen LogP contribution in [-0.2, 0) is 17.8 Å². The average Bonchev–Trinajstić information content (AvgIpc) is 3.19. The number of nitrogens with one attached hydrogen (secondary N) is 1. The van der Waals surface area contributed by atoms with Gasteiger partial charge in [0.1, 0.15) is 5.75 Å². The van der Waals surface area contributed by atoms with Gasteiger partial charge in [-0.15, -0.1) is 0 Å². The Hall–Kier alpha value is -2.70. The number of aromatic amines is 1. The molecule has 0 saturated heterocycles. The fourth-order valence-electron chi connectivity index (χ4n) is 2.63. The summed E-state index contributed by atoms with van der Waals surface area (Å²) >= 11 is 0. The van der Waals surface area contributed by atoms with Crippen LogP contribution in [0.1, 0.15) is 11.4 Å². The molecular formula is C15H15N3O4. The van der Waals surface area contributed by atoms with Crippen molar-refractivity contribution in [2.45, 2.75) is 13.0 Å². The molecule has 2 aromatic rings. The summed E-state index contributed by atoms with van der Waals surface area (Å²) in [5.74, 6) is 1.89. The van der Waals surface area contributed by atoms with Gasteiger partial charge in [0.2, 0.25) is 6.79 Å². The Bertz CT molecular complexity index is 713. The molecule has 0 saturated carbocycles. The smallest absolute Gasteiger partial charge is 0.260 e. The van der Waals surface area contributed by atoms with Crippen molar-refractivity contribution in [1.29, 1.82) is 0 Å². The van der Waals surface area contributed by atoms with E-state index < -0.39 is 0 Å². The first kappa shape index (κ1) is 13.0. The van der Waals surface area contributed by atoms with Crippen LogP contribution in [0.25, 0.3) is 0 Å². The predicted molar refractivity (Wildman–Crippen MR) is 75.8 cm³/mol. The van der Waals surface area contributed by atoms with Gasteiger partial charge in [-0.1, -0.05) is 0 Å². The molecule has 0 atom stereocenters. The Balaban J connectivity index is 1.37. The zero-order valence-corrected chi connectivity index (χ0v) is 11.9. The number of amides is 1. The molecule has 2 aliphatic heterocycles. The summed E-state index contributed by atoms with van der Waals surface area (Å²) in [5.41, 5.74) is 2.04. The molecule has 114 valence electrons. The molecule has 3 heterocycles. The lowest BCUT2D eigenvalue weighted by Crippen LogP contribution is -2.38. The fraction of sp³-hybridized carbons (Fsp3) is 0.333. The second-order valence-electron chi connectivity index (χ2n) is 5.20. The number of carbonyl (C=O) groups excluding carboxylic acids is 1. The maximum atomic E-state index is 12.2. The van der Waals surface area contributed by atoms with Gasteiger partial charge in [0.15, 0.2) is 18.1 Å². The third-order valence-corrected chi connectivity index (χ3v) is 3.83.